The van der Waals surface area contributed by atoms with Crippen molar-refractivity contribution < 1.29 is 18.6 Å². The Bertz CT molecular complexity index is 1380. The first-order chi connectivity index (χ1) is 16.0. The van der Waals surface area contributed by atoms with Crippen LogP contribution in [0.15, 0.2) is 70.1 Å². The van der Waals surface area contributed by atoms with Crippen LogP contribution in [0.25, 0.3) is 11.0 Å². The van der Waals surface area contributed by atoms with E-state index in [0.717, 1.165) is 11.1 Å². The topological polar surface area (TPSA) is 61.1 Å². The van der Waals surface area contributed by atoms with Crippen LogP contribution in [0.2, 0.25) is 10.0 Å². The van der Waals surface area contributed by atoms with Crippen molar-refractivity contribution in [3.8, 4) is 23.0 Å². The lowest BCUT2D eigenvalue weighted by Crippen LogP contribution is -2.31. The molecule has 1 aromatic heterocycles. The minimum atomic E-state index is -0.253. The number of methoxy groups -OCH3 is 1. The largest absolute Gasteiger partial charge is 0.497 e. The predicted octanol–water partition coefficient (Wildman–Crippen LogP) is 6.25. The van der Waals surface area contributed by atoms with Gasteiger partial charge in [0.05, 0.1) is 28.1 Å². The van der Waals surface area contributed by atoms with E-state index in [-0.39, 0.29) is 11.2 Å². The minimum Gasteiger partial charge on any atom is -0.497 e. The number of benzene rings is 3. The molecule has 0 atom stereocenters. The van der Waals surface area contributed by atoms with Gasteiger partial charge in [-0.3, -0.25) is 9.69 Å². The summed E-state index contributed by atoms with van der Waals surface area (Å²) in [4.78, 5) is 15.2. The SMILES string of the molecule is COc1ccc(Oc2coc3c4c(ccc3c2=O)OCN(Cc2ccc(Cl)c(Cl)c2)C4)cc1. The standard InChI is InChI=1S/C25H19Cl2NO5/c1-30-16-3-5-17(6-4-16)33-23-13-31-25-18(24(23)29)7-9-22-19(25)12-28(14-32-22)11-15-2-8-20(26)21(27)10-15/h2-10,13H,11-12,14H2,1H3. The fourth-order valence-corrected chi connectivity index (χ4v) is 4.10. The first-order valence-electron chi connectivity index (χ1n) is 10.2. The average molecular weight is 484 g/mol. The lowest BCUT2D eigenvalue weighted by molar-refractivity contribution is 0.0890. The van der Waals surface area contributed by atoms with E-state index in [2.05, 4.69) is 4.90 Å². The minimum absolute atomic E-state index is 0.108. The zero-order valence-electron chi connectivity index (χ0n) is 17.6. The van der Waals surface area contributed by atoms with Crippen molar-refractivity contribution in [2.24, 2.45) is 0 Å². The van der Waals surface area contributed by atoms with E-state index in [1.165, 1.54) is 6.26 Å². The Labute approximate surface area is 199 Å². The van der Waals surface area contributed by atoms with Gasteiger partial charge in [0.15, 0.2) is 0 Å². The molecule has 2 heterocycles. The molecular weight excluding hydrogens is 465 g/mol. The Morgan fingerprint density at radius 1 is 1.00 bits per heavy atom. The molecule has 168 valence electrons. The molecule has 0 aliphatic carbocycles. The lowest BCUT2D eigenvalue weighted by Gasteiger charge is -2.29. The molecule has 1 aliphatic heterocycles. The third-order valence-corrected chi connectivity index (χ3v) is 6.17. The molecule has 3 aromatic carbocycles. The third-order valence-electron chi connectivity index (χ3n) is 5.43. The van der Waals surface area contributed by atoms with Gasteiger partial charge in [-0.2, -0.15) is 0 Å². The summed E-state index contributed by atoms with van der Waals surface area (Å²) in [6.07, 6.45) is 1.34. The van der Waals surface area contributed by atoms with Crippen LogP contribution in [0.5, 0.6) is 23.0 Å². The zero-order valence-corrected chi connectivity index (χ0v) is 19.2. The van der Waals surface area contributed by atoms with Gasteiger partial charge >= 0.3 is 0 Å². The Morgan fingerprint density at radius 3 is 2.55 bits per heavy atom. The number of fused-ring (bicyclic) bond motifs is 3. The molecule has 4 aromatic rings. The number of nitrogens with zero attached hydrogens (tertiary/aromatic N) is 1. The molecule has 0 spiro atoms. The van der Waals surface area contributed by atoms with Crippen LogP contribution in [-0.4, -0.2) is 18.7 Å². The summed E-state index contributed by atoms with van der Waals surface area (Å²) < 4.78 is 22.7. The van der Waals surface area contributed by atoms with E-state index in [9.17, 15) is 4.79 Å². The summed E-state index contributed by atoms with van der Waals surface area (Å²) in [5.41, 5.74) is 2.05. The summed E-state index contributed by atoms with van der Waals surface area (Å²) in [5, 5.41) is 1.45. The van der Waals surface area contributed by atoms with Crippen molar-refractivity contribution in [3.05, 3.63) is 92.3 Å². The number of ether oxygens (including phenoxy) is 3. The van der Waals surface area contributed by atoms with Gasteiger partial charge in [0.1, 0.15) is 35.8 Å². The van der Waals surface area contributed by atoms with Crippen LogP contribution in [0.1, 0.15) is 11.1 Å². The Hall–Kier alpha value is -3.19. The Kier molecular flexibility index (Phi) is 5.89. The second-order valence-corrected chi connectivity index (χ2v) is 8.45. The summed E-state index contributed by atoms with van der Waals surface area (Å²) in [7, 11) is 1.59. The van der Waals surface area contributed by atoms with Gasteiger partial charge in [-0.1, -0.05) is 29.3 Å². The Balaban J connectivity index is 1.42. The van der Waals surface area contributed by atoms with E-state index in [4.69, 9.17) is 41.8 Å². The molecule has 5 rings (SSSR count). The van der Waals surface area contributed by atoms with E-state index < -0.39 is 0 Å². The number of halogens is 2. The van der Waals surface area contributed by atoms with Gasteiger partial charge in [0.2, 0.25) is 11.2 Å². The highest BCUT2D eigenvalue weighted by atomic mass is 35.5. The monoisotopic (exact) mass is 483 g/mol. The van der Waals surface area contributed by atoms with Gasteiger partial charge in [0.25, 0.3) is 0 Å². The van der Waals surface area contributed by atoms with E-state index >= 15 is 0 Å². The van der Waals surface area contributed by atoms with Crippen LogP contribution in [0.4, 0.5) is 0 Å². The van der Waals surface area contributed by atoms with E-state index in [1.54, 1.807) is 49.6 Å². The molecule has 0 bridgehead atoms. The summed E-state index contributed by atoms with van der Waals surface area (Å²) in [5.74, 6) is 2.01. The van der Waals surface area contributed by atoms with Crippen molar-refractivity contribution in [1.29, 1.82) is 0 Å². The molecule has 33 heavy (non-hydrogen) atoms. The molecule has 0 N–H and O–H groups in total. The van der Waals surface area contributed by atoms with Crippen molar-refractivity contribution in [2.75, 3.05) is 13.8 Å². The molecule has 0 fully saturated rings. The molecule has 0 amide bonds. The first kappa shape index (κ1) is 21.6. The van der Waals surface area contributed by atoms with Crippen LogP contribution in [0.3, 0.4) is 0 Å². The second kappa shape index (κ2) is 8.98. The molecule has 0 radical (unpaired) electrons. The van der Waals surface area contributed by atoms with Gasteiger partial charge < -0.3 is 18.6 Å². The molecule has 6 nitrogen and oxygen atoms in total. The molecule has 8 heteroatoms. The highest BCUT2D eigenvalue weighted by Gasteiger charge is 2.23. The maximum Gasteiger partial charge on any atom is 0.235 e. The fraction of sp³-hybridized carbons (Fsp3) is 0.160. The van der Waals surface area contributed by atoms with Gasteiger partial charge in [-0.15, -0.1) is 0 Å². The lowest BCUT2D eigenvalue weighted by atomic mass is 10.1. The first-order valence-corrected chi connectivity index (χ1v) is 11.0. The van der Waals surface area contributed by atoms with Crippen molar-refractivity contribution >= 4 is 34.2 Å². The fourth-order valence-electron chi connectivity index (χ4n) is 3.78. The van der Waals surface area contributed by atoms with Gasteiger partial charge in [-0.25, -0.2) is 0 Å². The summed E-state index contributed by atoms with van der Waals surface area (Å²) in [6.45, 7) is 1.56. The average Bonchev–Trinajstić information content (AvgIpc) is 2.83. The van der Waals surface area contributed by atoms with Crippen molar-refractivity contribution in [3.63, 3.8) is 0 Å². The van der Waals surface area contributed by atoms with Gasteiger partial charge in [0, 0.05) is 13.1 Å². The highest BCUT2D eigenvalue weighted by Crippen LogP contribution is 2.33. The molecule has 0 saturated heterocycles. The van der Waals surface area contributed by atoms with Crippen molar-refractivity contribution in [2.45, 2.75) is 13.1 Å². The highest BCUT2D eigenvalue weighted by molar-refractivity contribution is 6.42. The van der Waals surface area contributed by atoms with Crippen LogP contribution >= 0.6 is 23.2 Å². The maximum atomic E-state index is 13.1. The summed E-state index contributed by atoms with van der Waals surface area (Å²) >= 11 is 12.2. The van der Waals surface area contributed by atoms with Crippen LogP contribution in [0, 0.1) is 0 Å². The second-order valence-electron chi connectivity index (χ2n) is 7.63. The smallest absolute Gasteiger partial charge is 0.235 e. The van der Waals surface area contributed by atoms with E-state index in [1.807, 2.05) is 12.1 Å². The van der Waals surface area contributed by atoms with Crippen LogP contribution < -0.4 is 19.6 Å². The predicted molar refractivity (Wildman–Crippen MR) is 127 cm³/mol. The van der Waals surface area contributed by atoms with E-state index in [0.29, 0.717) is 58.1 Å². The molecular formula is C25H19Cl2NO5. The number of hydrogen-bond acceptors (Lipinski definition) is 6. The normalized spacial score (nSPS) is 13.4. The zero-order chi connectivity index (χ0) is 22.9. The molecule has 0 saturated carbocycles. The quantitative estimate of drug-likeness (QED) is 0.334. The molecule has 1 aliphatic rings. The number of hydrogen-bond donors (Lipinski definition) is 0. The van der Waals surface area contributed by atoms with Crippen molar-refractivity contribution in [1.82, 2.24) is 4.90 Å². The maximum absolute atomic E-state index is 13.1. The van der Waals surface area contributed by atoms with Gasteiger partial charge in [-0.05, 0) is 54.1 Å². The number of rotatable bonds is 5. The summed E-state index contributed by atoms with van der Waals surface area (Å²) in [6, 6.07) is 16.0. The van der Waals surface area contributed by atoms with Crippen LogP contribution in [-0.2, 0) is 13.1 Å². The third kappa shape index (κ3) is 4.37. The Morgan fingerprint density at radius 2 is 1.79 bits per heavy atom. The molecule has 0 unspecified atom stereocenters.